The van der Waals surface area contributed by atoms with Crippen LogP contribution in [0.2, 0.25) is 0 Å². The average Bonchev–Trinajstić information content (AvgIpc) is 1.88. The lowest BCUT2D eigenvalue weighted by Crippen LogP contribution is -2.36. The predicted octanol–water partition coefficient (Wildman–Crippen LogP) is 0.523. The number of nitrogens with one attached hydrogen (secondary N) is 1. The second-order valence-electron chi connectivity index (χ2n) is 2.37. The molecule has 0 aromatic rings. The van der Waals surface area contributed by atoms with Crippen LogP contribution in [0.3, 0.4) is 0 Å². The molecule has 0 spiro atoms. The van der Waals surface area contributed by atoms with E-state index in [2.05, 4.69) is 11.4 Å². The maximum absolute atomic E-state index is 8.40. The first kappa shape index (κ1) is 9.41. The molecule has 1 N–H and O–H groups in total. The topological polar surface area (TPSA) is 45.0 Å². The summed E-state index contributed by atoms with van der Waals surface area (Å²) >= 11 is 0. The van der Waals surface area contributed by atoms with Gasteiger partial charge < -0.3 is 4.74 Å². The Kier molecular flexibility index (Phi) is 4.91. The lowest BCUT2D eigenvalue weighted by atomic mass is 10.3. The molecule has 2 atom stereocenters. The molecule has 0 amide bonds. The van der Waals surface area contributed by atoms with Gasteiger partial charge in [-0.25, -0.2) is 0 Å². The van der Waals surface area contributed by atoms with Crippen LogP contribution in [0, 0.1) is 11.3 Å². The fourth-order valence-electron chi connectivity index (χ4n) is 0.762. The Bertz CT molecular complexity index is 119. The van der Waals surface area contributed by atoms with Crippen molar-refractivity contribution in [3.8, 4) is 6.07 Å². The van der Waals surface area contributed by atoms with Gasteiger partial charge in [0.25, 0.3) is 0 Å². The van der Waals surface area contributed by atoms with E-state index in [0.717, 1.165) is 0 Å². The summed E-state index contributed by atoms with van der Waals surface area (Å²) < 4.78 is 4.88. The molecule has 0 saturated carbocycles. The quantitative estimate of drug-likeness (QED) is 0.622. The summed E-state index contributed by atoms with van der Waals surface area (Å²) in [6, 6.07) is 2.24. The minimum atomic E-state index is -0.0925. The lowest BCUT2D eigenvalue weighted by Gasteiger charge is -2.13. The van der Waals surface area contributed by atoms with Gasteiger partial charge in [-0.3, -0.25) is 5.32 Å². The molecule has 0 saturated heterocycles. The highest BCUT2D eigenvalue weighted by molar-refractivity contribution is 4.86. The first-order valence-electron chi connectivity index (χ1n) is 3.35. The zero-order valence-corrected chi connectivity index (χ0v) is 6.72. The van der Waals surface area contributed by atoms with E-state index < -0.39 is 0 Å². The molecular weight excluding hydrogens is 128 g/mol. The summed E-state index contributed by atoms with van der Waals surface area (Å²) in [4.78, 5) is 0. The fraction of sp³-hybridized carbons (Fsp3) is 0.857. The van der Waals surface area contributed by atoms with Gasteiger partial charge >= 0.3 is 0 Å². The monoisotopic (exact) mass is 142 g/mol. The number of nitrogens with zero attached hydrogens (tertiary/aromatic N) is 1. The highest BCUT2D eigenvalue weighted by atomic mass is 16.5. The molecule has 0 heterocycles. The van der Waals surface area contributed by atoms with Gasteiger partial charge in [0.2, 0.25) is 0 Å². The molecule has 0 rings (SSSR count). The second-order valence-corrected chi connectivity index (χ2v) is 2.37. The van der Waals surface area contributed by atoms with Crippen molar-refractivity contribution >= 4 is 0 Å². The molecule has 3 heteroatoms. The Morgan fingerprint density at radius 1 is 1.60 bits per heavy atom. The normalized spacial score (nSPS) is 15.8. The van der Waals surface area contributed by atoms with Crippen LogP contribution in [0.15, 0.2) is 0 Å². The minimum absolute atomic E-state index is 0.0925. The largest absolute Gasteiger partial charge is 0.383 e. The van der Waals surface area contributed by atoms with E-state index in [1.807, 2.05) is 13.8 Å². The van der Waals surface area contributed by atoms with Crippen LogP contribution in [-0.4, -0.2) is 25.8 Å². The summed E-state index contributed by atoms with van der Waals surface area (Å²) in [6.45, 7) is 4.45. The number of ether oxygens (including phenoxy) is 1. The third-order valence-electron chi connectivity index (χ3n) is 1.14. The van der Waals surface area contributed by atoms with Crippen LogP contribution in [0.5, 0.6) is 0 Å². The van der Waals surface area contributed by atoms with E-state index in [-0.39, 0.29) is 12.1 Å². The van der Waals surface area contributed by atoms with Crippen LogP contribution in [-0.2, 0) is 4.74 Å². The van der Waals surface area contributed by atoms with Crippen molar-refractivity contribution < 1.29 is 4.74 Å². The van der Waals surface area contributed by atoms with Gasteiger partial charge in [0, 0.05) is 13.2 Å². The van der Waals surface area contributed by atoms with E-state index in [1.165, 1.54) is 0 Å². The van der Waals surface area contributed by atoms with Crippen molar-refractivity contribution in [3.63, 3.8) is 0 Å². The van der Waals surface area contributed by atoms with Crippen molar-refractivity contribution in [1.82, 2.24) is 5.32 Å². The molecule has 0 bridgehead atoms. The van der Waals surface area contributed by atoms with Crippen LogP contribution >= 0.6 is 0 Å². The van der Waals surface area contributed by atoms with Gasteiger partial charge in [-0.05, 0) is 13.8 Å². The Morgan fingerprint density at radius 3 is 2.60 bits per heavy atom. The Balaban J connectivity index is 3.39. The number of hydrogen-bond donors (Lipinski definition) is 1. The molecule has 0 aromatic carbocycles. The third kappa shape index (κ3) is 4.30. The second kappa shape index (κ2) is 5.21. The molecule has 0 aliphatic rings. The summed E-state index contributed by atoms with van der Waals surface area (Å²) in [6.07, 6.45) is 0. The van der Waals surface area contributed by atoms with Crippen molar-refractivity contribution in [1.29, 1.82) is 5.26 Å². The summed E-state index contributed by atoms with van der Waals surface area (Å²) in [7, 11) is 1.65. The summed E-state index contributed by atoms with van der Waals surface area (Å²) in [5.74, 6) is 0. The zero-order valence-electron chi connectivity index (χ0n) is 6.72. The molecular formula is C7H14N2O. The van der Waals surface area contributed by atoms with E-state index in [9.17, 15) is 0 Å². The average molecular weight is 142 g/mol. The Hall–Kier alpha value is -0.590. The maximum atomic E-state index is 8.40. The fourth-order valence-corrected chi connectivity index (χ4v) is 0.762. The van der Waals surface area contributed by atoms with Gasteiger partial charge in [-0.1, -0.05) is 0 Å². The van der Waals surface area contributed by atoms with Gasteiger partial charge in [-0.15, -0.1) is 0 Å². The van der Waals surface area contributed by atoms with Crippen LogP contribution in [0.1, 0.15) is 13.8 Å². The molecule has 0 fully saturated rings. The molecule has 0 aliphatic carbocycles. The number of hydrogen-bond acceptors (Lipinski definition) is 3. The molecule has 3 nitrogen and oxygen atoms in total. The molecule has 0 aromatic heterocycles. The molecule has 0 aliphatic heterocycles. The SMILES string of the molecule is COCC(C)NC(C)C#N. The third-order valence-corrected chi connectivity index (χ3v) is 1.14. The maximum Gasteiger partial charge on any atom is 0.0927 e. The molecule has 10 heavy (non-hydrogen) atoms. The highest BCUT2D eigenvalue weighted by Crippen LogP contribution is 1.85. The van der Waals surface area contributed by atoms with Crippen LogP contribution in [0.4, 0.5) is 0 Å². The van der Waals surface area contributed by atoms with E-state index in [0.29, 0.717) is 6.61 Å². The smallest absolute Gasteiger partial charge is 0.0927 e. The Labute approximate surface area is 62.0 Å². The van der Waals surface area contributed by atoms with E-state index in [1.54, 1.807) is 7.11 Å². The molecule has 0 radical (unpaired) electrons. The number of rotatable bonds is 4. The van der Waals surface area contributed by atoms with Crippen molar-refractivity contribution in [3.05, 3.63) is 0 Å². The zero-order chi connectivity index (χ0) is 7.98. The van der Waals surface area contributed by atoms with Gasteiger partial charge in [-0.2, -0.15) is 5.26 Å². The van der Waals surface area contributed by atoms with Gasteiger partial charge in [0.1, 0.15) is 0 Å². The van der Waals surface area contributed by atoms with Crippen molar-refractivity contribution in [2.45, 2.75) is 25.9 Å². The molecule has 2 unspecified atom stereocenters. The van der Waals surface area contributed by atoms with Crippen molar-refractivity contribution in [2.24, 2.45) is 0 Å². The molecule has 58 valence electrons. The number of methoxy groups -OCH3 is 1. The lowest BCUT2D eigenvalue weighted by molar-refractivity contribution is 0.170. The minimum Gasteiger partial charge on any atom is -0.383 e. The Morgan fingerprint density at radius 2 is 2.20 bits per heavy atom. The van der Waals surface area contributed by atoms with Crippen molar-refractivity contribution in [2.75, 3.05) is 13.7 Å². The van der Waals surface area contributed by atoms with Gasteiger partial charge in [0.15, 0.2) is 0 Å². The number of nitriles is 1. The summed E-state index contributed by atoms with van der Waals surface area (Å²) in [5.41, 5.74) is 0. The summed E-state index contributed by atoms with van der Waals surface area (Å²) in [5, 5.41) is 11.4. The first-order chi connectivity index (χ1) is 4.70. The first-order valence-corrected chi connectivity index (χ1v) is 3.35. The van der Waals surface area contributed by atoms with Crippen LogP contribution in [0.25, 0.3) is 0 Å². The van der Waals surface area contributed by atoms with E-state index in [4.69, 9.17) is 10.00 Å². The standard InChI is InChI=1S/C7H14N2O/c1-6(4-8)9-7(2)5-10-3/h6-7,9H,5H2,1-3H3. The van der Waals surface area contributed by atoms with E-state index >= 15 is 0 Å². The highest BCUT2D eigenvalue weighted by Gasteiger charge is 2.03. The van der Waals surface area contributed by atoms with Gasteiger partial charge in [0.05, 0.1) is 18.7 Å². The van der Waals surface area contributed by atoms with Crippen LogP contribution < -0.4 is 5.32 Å². The predicted molar refractivity (Wildman–Crippen MR) is 39.5 cm³/mol.